The molecule has 2 aliphatic heterocycles. The summed E-state index contributed by atoms with van der Waals surface area (Å²) in [5, 5.41) is 6.84. The van der Waals surface area contributed by atoms with Crippen molar-refractivity contribution >= 4 is 5.91 Å². The molecule has 130 valence electrons. The number of carbonyl (C=O) groups is 1. The van der Waals surface area contributed by atoms with E-state index in [-0.39, 0.29) is 17.4 Å². The van der Waals surface area contributed by atoms with Gasteiger partial charge in [-0.3, -0.25) is 9.78 Å². The van der Waals surface area contributed by atoms with Crippen LogP contribution in [0.15, 0.2) is 48.7 Å². The van der Waals surface area contributed by atoms with Crippen LogP contribution in [0.3, 0.4) is 0 Å². The van der Waals surface area contributed by atoms with Crippen LogP contribution in [-0.4, -0.2) is 23.0 Å². The number of aromatic nitrogens is 1. The zero-order valence-corrected chi connectivity index (χ0v) is 14.7. The van der Waals surface area contributed by atoms with Gasteiger partial charge in [0.15, 0.2) is 0 Å². The fourth-order valence-corrected chi connectivity index (χ4v) is 4.53. The number of fused-ring (bicyclic) bond motifs is 2. The summed E-state index contributed by atoms with van der Waals surface area (Å²) in [5.41, 5.74) is 2.96. The average Bonchev–Trinajstić information content (AvgIpc) is 3.23. The van der Waals surface area contributed by atoms with E-state index in [0.29, 0.717) is 12.6 Å². The molecular formula is C21H25N3O. The number of hydrogen-bond donors (Lipinski definition) is 2. The minimum Gasteiger partial charge on any atom is -0.350 e. The van der Waals surface area contributed by atoms with Crippen molar-refractivity contribution in [2.45, 2.75) is 51.2 Å². The van der Waals surface area contributed by atoms with Crippen molar-refractivity contribution in [2.75, 3.05) is 0 Å². The Labute approximate surface area is 149 Å². The predicted octanol–water partition coefficient (Wildman–Crippen LogP) is 2.76. The van der Waals surface area contributed by atoms with E-state index < -0.39 is 0 Å². The van der Waals surface area contributed by atoms with Crippen LogP contribution in [0.4, 0.5) is 0 Å². The van der Waals surface area contributed by atoms with E-state index in [1.165, 1.54) is 12.0 Å². The van der Waals surface area contributed by atoms with Gasteiger partial charge in [0, 0.05) is 18.3 Å². The highest BCUT2D eigenvalue weighted by Crippen LogP contribution is 2.46. The Hall–Kier alpha value is -2.20. The summed E-state index contributed by atoms with van der Waals surface area (Å²) >= 11 is 0. The second kappa shape index (κ2) is 6.60. The van der Waals surface area contributed by atoms with E-state index in [4.69, 9.17) is 0 Å². The third-order valence-corrected chi connectivity index (χ3v) is 5.87. The van der Waals surface area contributed by atoms with Crippen molar-refractivity contribution < 1.29 is 4.79 Å². The van der Waals surface area contributed by atoms with Gasteiger partial charge in [0.05, 0.1) is 17.7 Å². The third kappa shape index (κ3) is 3.07. The summed E-state index contributed by atoms with van der Waals surface area (Å²) in [6.07, 6.45) is 5.79. The van der Waals surface area contributed by atoms with Crippen LogP contribution in [0, 0.1) is 12.3 Å². The molecule has 1 aromatic carbocycles. The number of nitrogens with one attached hydrogen (secondary N) is 2. The van der Waals surface area contributed by atoms with Gasteiger partial charge < -0.3 is 10.6 Å². The normalized spacial score (nSPS) is 27.4. The SMILES string of the molecule is Cc1cccnc1CNC(=O)[C@]1(Cc2ccccc2)C[C@@H]2CC[C@H]1N2. The summed E-state index contributed by atoms with van der Waals surface area (Å²) in [6, 6.07) is 15.1. The molecule has 2 bridgehead atoms. The number of carbonyl (C=O) groups excluding carboxylic acids is 1. The van der Waals surface area contributed by atoms with Crippen LogP contribution >= 0.6 is 0 Å². The first-order valence-electron chi connectivity index (χ1n) is 9.16. The summed E-state index contributed by atoms with van der Waals surface area (Å²) < 4.78 is 0. The van der Waals surface area contributed by atoms with Gasteiger partial charge in [-0.25, -0.2) is 0 Å². The molecule has 3 atom stereocenters. The molecule has 0 saturated carbocycles. The average molecular weight is 335 g/mol. The van der Waals surface area contributed by atoms with Crippen LogP contribution in [-0.2, 0) is 17.8 Å². The van der Waals surface area contributed by atoms with E-state index in [2.05, 4.69) is 39.9 Å². The van der Waals surface area contributed by atoms with Gasteiger partial charge >= 0.3 is 0 Å². The molecule has 1 amide bonds. The molecule has 1 aromatic heterocycles. The summed E-state index contributed by atoms with van der Waals surface area (Å²) in [7, 11) is 0. The molecule has 4 nitrogen and oxygen atoms in total. The van der Waals surface area contributed by atoms with Gasteiger partial charge in [-0.2, -0.15) is 0 Å². The van der Waals surface area contributed by atoms with Crippen molar-refractivity contribution in [1.29, 1.82) is 0 Å². The molecule has 0 aliphatic carbocycles. The Bertz CT molecular complexity index is 761. The number of rotatable bonds is 5. The Morgan fingerprint density at radius 1 is 1.24 bits per heavy atom. The van der Waals surface area contributed by atoms with Crippen LogP contribution in [0.2, 0.25) is 0 Å². The molecular weight excluding hydrogens is 310 g/mol. The molecule has 2 aromatic rings. The van der Waals surface area contributed by atoms with Gasteiger partial charge in [0.1, 0.15) is 0 Å². The van der Waals surface area contributed by atoms with Gasteiger partial charge in [-0.1, -0.05) is 36.4 Å². The fraction of sp³-hybridized carbons (Fsp3) is 0.429. The molecule has 0 unspecified atom stereocenters. The number of amides is 1. The minimum atomic E-state index is -0.340. The van der Waals surface area contributed by atoms with Crippen molar-refractivity contribution in [3.8, 4) is 0 Å². The predicted molar refractivity (Wildman–Crippen MR) is 98.0 cm³/mol. The zero-order valence-electron chi connectivity index (χ0n) is 14.7. The standard InChI is InChI=1S/C21H25N3O/c1-15-6-5-11-22-18(15)14-23-20(25)21(12-16-7-3-2-4-8-16)13-17-9-10-19(21)24-17/h2-8,11,17,19,24H,9-10,12-14H2,1H3,(H,23,25)/t17-,19+,21+/m0/s1. The fourth-order valence-electron chi connectivity index (χ4n) is 4.53. The first-order valence-corrected chi connectivity index (χ1v) is 9.16. The molecule has 2 saturated heterocycles. The smallest absolute Gasteiger partial charge is 0.228 e. The number of benzene rings is 1. The zero-order chi connectivity index (χ0) is 17.3. The monoisotopic (exact) mass is 335 g/mol. The highest BCUT2D eigenvalue weighted by atomic mass is 16.2. The van der Waals surface area contributed by atoms with E-state index in [9.17, 15) is 4.79 Å². The quantitative estimate of drug-likeness (QED) is 0.883. The van der Waals surface area contributed by atoms with Crippen molar-refractivity contribution in [1.82, 2.24) is 15.6 Å². The Balaban J connectivity index is 1.54. The molecule has 2 N–H and O–H groups in total. The first kappa shape index (κ1) is 16.3. The number of hydrogen-bond acceptors (Lipinski definition) is 3. The van der Waals surface area contributed by atoms with Crippen molar-refractivity contribution in [2.24, 2.45) is 5.41 Å². The van der Waals surface area contributed by atoms with Crippen LogP contribution in [0.25, 0.3) is 0 Å². The Morgan fingerprint density at radius 2 is 2.08 bits per heavy atom. The maximum atomic E-state index is 13.3. The second-order valence-corrected chi connectivity index (χ2v) is 7.47. The summed E-state index contributed by atoms with van der Waals surface area (Å²) in [6.45, 7) is 2.53. The lowest BCUT2D eigenvalue weighted by atomic mass is 9.69. The Morgan fingerprint density at radius 3 is 2.76 bits per heavy atom. The van der Waals surface area contributed by atoms with Gasteiger partial charge in [0.2, 0.25) is 5.91 Å². The first-order chi connectivity index (χ1) is 12.2. The molecule has 0 spiro atoms. The molecule has 4 heteroatoms. The maximum absolute atomic E-state index is 13.3. The topological polar surface area (TPSA) is 54.0 Å². The highest BCUT2D eigenvalue weighted by Gasteiger charge is 2.55. The number of aryl methyl sites for hydroxylation is 1. The van der Waals surface area contributed by atoms with Crippen LogP contribution in [0.1, 0.15) is 36.1 Å². The van der Waals surface area contributed by atoms with Gasteiger partial charge in [0.25, 0.3) is 0 Å². The van der Waals surface area contributed by atoms with E-state index in [0.717, 1.165) is 30.5 Å². The summed E-state index contributed by atoms with van der Waals surface area (Å²) in [5.74, 6) is 0.168. The molecule has 25 heavy (non-hydrogen) atoms. The van der Waals surface area contributed by atoms with Crippen LogP contribution < -0.4 is 10.6 Å². The van der Waals surface area contributed by atoms with E-state index in [1.807, 2.05) is 25.1 Å². The van der Waals surface area contributed by atoms with Crippen molar-refractivity contribution in [3.63, 3.8) is 0 Å². The van der Waals surface area contributed by atoms with Crippen LogP contribution in [0.5, 0.6) is 0 Å². The largest absolute Gasteiger partial charge is 0.350 e. The molecule has 2 fully saturated rings. The lowest BCUT2D eigenvalue weighted by molar-refractivity contribution is -0.132. The Kier molecular flexibility index (Phi) is 4.30. The second-order valence-electron chi connectivity index (χ2n) is 7.47. The van der Waals surface area contributed by atoms with E-state index >= 15 is 0 Å². The minimum absolute atomic E-state index is 0.168. The maximum Gasteiger partial charge on any atom is 0.228 e. The molecule has 0 radical (unpaired) electrons. The van der Waals surface area contributed by atoms with Gasteiger partial charge in [-0.05, 0) is 49.8 Å². The van der Waals surface area contributed by atoms with Crippen molar-refractivity contribution in [3.05, 3.63) is 65.5 Å². The number of nitrogens with zero attached hydrogens (tertiary/aromatic N) is 1. The van der Waals surface area contributed by atoms with Gasteiger partial charge in [-0.15, -0.1) is 0 Å². The lowest BCUT2D eigenvalue weighted by Gasteiger charge is -2.35. The lowest BCUT2D eigenvalue weighted by Crippen LogP contribution is -2.49. The molecule has 4 rings (SSSR count). The number of pyridine rings is 1. The highest BCUT2D eigenvalue weighted by molar-refractivity contribution is 5.84. The van der Waals surface area contributed by atoms with E-state index in [1.54, 1.807) is 6.20 Å². The molecule has 2 aliphatic rings. The molecule has 3 heterocycles. The third-order valence-electron chi connectivity index (χ3n) is 5.87. The summed E-state index contributed by atoms with van der Waals surface area (Å²) in [4.78, 5) is 17.7.